The molecule has 1 amide bonds. The van der Waals surface area contributed by atoms with Crippen molar-refractivity contribution >= 4 is 28.5 Å². The number of nitrogens with zero attached hydrogens (tertiary/aromatic N) is 1. The quantitative estimate of drug-likeness (QED) is 0.769. The number of carbonyl (C=O) groups is 1. The maximum absolute atomic E-state index is 11.9. The molecule has 0 fully saturated rings. The number of amides is 1. The smallest absolute Gasteiger partial charge is 0.289 e. The van der Waals surface area contributed by atoms with Gasteiger partial charge in [-0.2, -0.15) is 0 Å². The molecule has 0 unspecified atom stereocenters. The van der Waals surface area contributed by atoms with Gasteiger partial charge in [0, 0.05) is 24.9 Å². The summed E-state index contributed by atoms with van der Waals surface area (Å²) in [5.74, 6) is 0.633. The fraction of sp³-hybridized carbons (Fsp3) is 0.250. The lowest BCUT2D eigenvalue weighted by atomic mass is 10.2. The molecule has 0 aliphatic heterocycles. The van der Waals surface area contributed by atoms with Crippen LogP contribution in [-0.2, 0) is 0 Å². The fourth-order valence-electron chi connectivity index (χ4n) is 1.50. The van der Waals surface area contributed by atoms with Crippen molar-refractivity contribution in [1.82, 2.24) is 4.90 Å². The predicted octanol–water partition coefficient (Wildman–Crippen LogP) is 2.74. The van der Waals surface area contributed by atoms with Crippen molar-refractivity contribution in [3.05, 3.63) is 36.1 Å². The SMILES string of the molecule is CN(CCCl)C(=O)c1cc2ccccc2o1. The number of hydrogen-bond acceptors (Lipinski definition) is 2. The summed E-state index contributed by atoms with van der Waals surface area (Å²) in [5, 5.41) is 0.935. The number of para-hydroxylation sites is 1. The first-order valence-electron chi connectivity index (χ1n) is 5.02. The molecule has 2 rings (SSSR count). The number of fused-ring (bicyclic) bond motifs is 1. The monoisotopic (exact) mass is 237 g/mol. The molecule has 0 aliphatic rings. The molecule has 0 spiro atoms. The van der Waals surface area contributed by atoms with E-state index in [4.69, 9.17) is 16.0 Å². The van der Waals surface area contributed by atoms with Crippen LogP contribution < -0.4 is 0 Å². The minimum Gasteiger partial charge on any atom is -0.451 e. The molecule has 2 aromatic rings. The van der Waals surface area contributed by atoms with E-state index >= 15 is 0 Å². The molecule has 1 heterocycles. The van der Waals surface area contributed by atoms with E-state index in [0.717, 1.165) is 11.0 Å². The number of rotatable bonds is 3. The normalized spacial score (nSPS) is 10.6. The average Bonchev–Trinajstić information content (AvgIpc) is 2.71. The number of furan rings is 1. The molecule has 1 aromatic carbocycles. The van der Waals surface area contributed by atoms with Crippen molar-refractivity contribution in [3.63, 3.8) is 0 Å². The van der Waals surface area contributed by atoms with E-state index in [1.165, 1.54) is 0 Å². The van der Waals surface area contributed by atoms with Gasteiger partial charge < -0.3 is 9.32 Å². The molecule has 0 atom stereocenters. The van der Waals surface area contributed by atoms with Crippen molar-refractivity contribution in [2.24, 2.45) is 0 Å². The van der Waals surface area contributed by atoms with Crippen LogP contribution in [0.15, 0.2) is 34.7 Å². The number of alkyl halides is 1. The van der Waals surface area contributed by atoms with Crippen molar-refractivity contribution in [2.45, 2.75) is 0 Å². The Morgan fingerprint density at radius 2 is 2.19 bits per heavy atom. The molecule has 0 radical (unpaired) electrons. The number of carbonyl (C=O) groups excluding carboxylic acids is 1. The zero-order valence-corrected chi connectivity index (χ0v) is 9.70. The molecule has 1 aromatic heterocycles. The number of hydrogen-bond donors (Lipinski definition) is 0. The van der Waals surface area contributed by atoms with Crippen LogP contribution in [0.1, 0.15) is 10.6 Å². The van der Waals surface area contributed by atoms with Gasteiger partial charge in [-0.05, 0) is 12.1 Å². The molecule has 0 bridgehead atoms. The summed E-state index contributed by atoms with van der Waals surface area (Å²) in [4.78, 5) is 13.4. The van der Waals surface area contributed by atoms with E-state index in [-0.39, 0.29) is 5.91 Å². The number of halogens is 1. The second kappa shape index (κ2) is 4.58. The summed E-state index contributed by atoms with van der Waals surface area (Å²) in [5.41, 5.74) is 0.727. The van der Waals surface area contributed by atoms with E-state index in [1.54, 1.807) is 18.0 Å². The molecule has 3 nitrogen and oxygen atoms in total. The van der Waals surface area contributed by atoms with Gasteiger partial charge in [0.2, 0.25) is 0 Å². The van der Waals surface area contributed by atoms with Crippen molar-refractivity contribution in [3.8, 4) is 0 Å². The maximum atomic E-state index is 11.9. The maximum Gasteiger partial charge on any atom is 0.289 e. The Kier molecular flexibility index (Phi) is 3.15. The molecule has 0 saturated heterocycles. The van der Waals surface area contributed by atoms with Gasteiger partial charge in [0.1, 0.15) is 5.58 Å². The molecule has 16 heavy (non-hydrogen) atoms. The minimum atomic E-state index is -0.142. The van der Waals surface area contributed by atoms with E-state index in [9.17, 15) is 4.79 Å². The van der Waals surface area contributed by atoms with Crippen molar-refractivity contribution < 1.29 is 9.21 Å². The van der Waals surface area contributed by atoms with Crippen LogP contribution in [0.25, 0.3) is 11.0 Å². The second-order valence-corrected chi connectivity index (χ2v) is 3.94. The van der Waals surface area contributed by atoms with Crippen LogP contribution in [0.5, 0.6) is 0 Å². The van der Waals surface area contributed by atoms with Crippen LogP contribution >= 0.6 is 11.6 Å². The van der Waals surface area contributed by atoms with Gasteiger partial charge in [0.25, 0.3) is 5.91 Å². The highest BCUT2D eigenvalue weighted by Crippen LogP contribution is 2.19. The van der Waals surface area contributed by atoms with E-state index in [2.05, 4.69) is 0 Å². The molecule has 0 saturated carbocycles. The second-order valence-electron chi connectivity index (χ2n) is 3.56. The van der Waals surface area contributed by atoms with Gasteiger partial charge in [-0.1, -0.05) is 18.2 Å². The summed E-state index contributed by atoms with van der Waals surface area (Å²) in [6.07, 6.45) is 0. The molecule has 0 aliphatic carbocycles. The molecule has 84 valence electrons. The largest absolute Gasteiger partial charge is 0.451 e. The molecule has 4 heteroatoms. The Balaban J connectivity index is 2.29. The third-order valence-electron chi connectivity index (χ3n) is 2.40. The van der Waals surface area contributed by atoms with E-state index < -0.39 is 0 Å². The Bertz CT molecular complexity index is 473. The minimum absolute atomic E-state index is 0.142. The molecular weight excluding hydrogens is 226 g/mol. The van der Waals surface area contributed by atoms with Crippen LogP contribution in [0.4, 0.5) is 0 Å². The Hall–Kier alpha value is -1.48. The van der Waals surface area contributed by atoms with Crippen molar-refractivity contribution in [1.29, 1.82) is 0 Å². The van der Waals surface area contributed by atoms with Gasteiger partial charge in [0.05, 0.1) is 0 Å². The predicted molar refractivity (Wildman–Crippen MR) is 63.9 cm³/mol. The summed E-state index contributed by atoms with van der Waals surface area (Å²) < 4.78 is 5.46. The Morgan fingerprint density at radius 3 is 2.88 bits per heavy atom. The highest BCUT2D eigenvalue weighted by molar-refractivity contribution is 6.18. The van der Waals surface area contributed by atoms with Crippen LogP contribution in [0.3, 0.4) is 0 Å². The third-order valence-corrected chi connectivity index (χ3v) is 2.57. The topological polar surface area (TPSA) is 33.5 Å². The van der Waals surface area contributed by atoms with Crippen LogP contribution in [-0.4, -0.2) is 30.3 Å². The molecular formula is C12H12ClNO2. The lowest BCUT2D eigenvalue weighted by Crippen LogP contribution is -2.28. The van der Waals surface area contributed by atoms with E-state index in [1.807, 2.05) is 24.3 Å². The van der Waals surface area contributed by atoms with Crippen LogP contribution in [0.2, 0.25) is 0 Å². The van der Waals surface area contributed by atoms with E-state index in [0.29, 0.717) is 18.2 Å². The third kappa shape index (κ3) is 2.04. The summed E-state index contributed by atoms with van der Waals surface area (Å²) in [7, 11) is 1.71. The first kappa shape index (κ1) is 11.0. The lowest BCUT2D eigenvalue weighted by Gasteiger charge is -2.12. The van der Waals surface area contributed by atoms with Crippen LogP contribution in [0, 0.1) is 0 Å². The summed E-state index contributed by atoms with van der Waals surface area (Å²) >= 11 is 5.58. The first-order valence-corrected chi connectivity index (χ1v) is 5.56. The Labute approximate surface area is 98.6 Å². The highest BCUT2D eigenvalue weighted by Gasteiger charge is 2.15. The van der Waals surface area contributed by atoms with Gasteiger partial charge in [-0.15, -0.1) is 11.6 Å². The summed E-state index contributed by atoms with van der Waals surface area (Å²) in [6, 6.07) is 9.30. The van der Waals surface area contributed by atoms with Gasteiger partial charge in [-0.3, -0.25) is 4.79 Å². The average molecular weight is 238 g/mol. The van der Waals surface area contributed by atoms with Gasteiger partial charge in [-0.25, -0.2) is 0 Å². The highest BCUT2D eigenvalue weighted by atomic mass is 35.5. The van der Waals surface area contributed by atoms with Gasteiger partial charge in [0.15, 0.2) is 5.76 Å². The zero-order chi connectivity index (χ0) is 11.5. The lowest BCUT2D eigenvalue weighted by molar-refractivity contribution is 0.0774. The molecule has 0 N–H and O–H groups in total. The zero-order valence-electron chi connectivity index (χ0n) is 8.94. The fourth-order valence-corrected chi connectivity index (χ4v) is 1.76. The van der Waals surface area contributed by atoms with Crippen molar-refractivity contribution in [2.75, 3.05) is 19.5 Å². The standard InChI is InChI=1S/C12H12ClNO2/c1-14(7-6-13)12(15)11-8-9-4-2-3-5-10(9)16-11/h2-5,8H,6-7H2,1H3. The first-order chi connectivity index (χ1) is 7.72. The Morgan fingerprint density at radius 1 is 1.44 bits per heavy atom. The summed E-state index contributed by atoms with van der Waals surface area (Å²) in [6.45, 7) is 0.511. The van der Waals surface area contributed by atoms with Gasteiger partial charge >= 0.3 is 0 Å². The number of benzene rings is 1.